The average Bonchev–Trinajstić information content (AvgIpc) is 2.94. The maximum absolute atomic E-state index is 13.6. The third-order valence-electron chi connectivity index (χ3n) is 7.86. The van der Waals surface area contributed by atoms with E-state index in [1.165, 1.54) is 0 Å². The summed E-state index contributed by atoms with van der Waals surface area (Å²) in [4.78, 5) is 40.7. The number of ketones is 2. The Labute approximate surface area is 245 Å². The molecule has 41 heavy (non-hydrogen) atoms. The fourth-order valence-electron chi connectivity index (χ4n) is 6.23. The molecule has 8 heteroatoms. The molecule has 0 saturated carbocycles. The number of carbonyl (C=O) groups excluding carboxylic acids is 2. The van der Waals surface area contributed by atoms with E-state index in [1.807, 2.05) is 43.3 Å². The largest absolute Gasteiger partial charge is 0.490 e. The van der Waals surface area contributed by atoms with E-state index >= 15 is 0 Å². The minimum Gasteiger partial charge on any atom is -0.490 e. The van der Waals surface area contributed by atoms with Gasteiger partial charge >= 0.3 is 5.97 Å². The van der Waals surface area contributed by atoms with E-state index in [1.54, 1.807) is 11.0 Å². The van der Waals surface area contributed by atoms with Gasteiger partial charge in [0, 0.05) is 57.4 Å². The zero-order valence-corrected chi connectivity index (χ0v) is 24.0. The van der Waals surface area contributed by atoms with Crippen LogP contribution in [-0.2, 0) is 27.4 Å². The van der Waals surface area contributed by atoms with E-state index < -0.39 is 11.9 Å². The second-order valence-corrected chi connectivity index (χ2v) is 10.9. The molecule has 0 spiro atoms. The number of carbonyl (C=O) groups is 3. The van der Waals surface area contributed by atoms with Crippen molar-refractivity contribution in [3.63, 3.8) is 0 Å². The summed E-state index contributed by atoms with van der Waals surface area (Å²) in [6.07, 6.45) is 5.46. The van der Waals surface area contributed by atoms with Crippen LogP contribution in [0.3, 0.4) is 0 Å². The molecular formula is C33H34ClNO6. The number of aliphatic carboxylic acids is 1. The standard InChI is InChI=1S/C33H34ClNO6/c1-3-9-20-16-22(17-28(40-4-2)33(20)41-19-21-10-5-6-11-23(21)34)30-31-24(12-7-14-26(31)36)35(18-29(38)39)25-13-8-15-27(37)32(25)30/h3,5-6,10-11,16-17,30H,1,4,7-9,12-15,18-19H2,2H3,(H,38,39). The van der Waals surface area contributed by atoms with Crippen molar-refractivity contribution in [2.24, 2.45) is 0 Å². The molecule has 0 fully saturated rings. The minimum atomic E-state index is -0.995. The molecule has 1 N–H and O–H groups in total. The van der Waals surface area contributed by atoms with Gasteiger partial charge in [-0.1, -0.05) is 41.9 Å². The predicted octanol–water partition coefficient (Wildman–Crippen LogP) is 6.54. The van der Waals surface area contributed by atoms with Crippen molar-refractivity contribution in [1.82, 2.24) is 4.90 Å². The molecule has 3 aliphatic rings. The Bertz CT molecular complexity index is 1430. The van der Waals surface area contributed by atoms with Gasteiger partial charge in [-0.3, -0.25) is 14.4 Å². The van der Waals surface area contributed by atoms with E-state index in [2.05, 4.69) is 6.58 Å². The van der Waals surface area contributed by atoms with Gasteiger partial charge in [0.05, 0.1) is 6.61 Å². The van der Waals surface area contributed by atoms with Gasteiger partial charge in [-0.25, -0.2) is 0 Å². The SMILES string of the molecule is C=CCc1cc(C2C3=C(CCCC3=O)N(CC(=O)O)C3=C2C(=O)CCC3)cc(OCC)c1OCc1ccccc1Cl. The lowest BCUT2D eigenvalue weighted by Gasteiger charge is -2.43. The lowest BCUT2D eigenvalue weighted by molar-refractivity contribution is -0.138. The molecule has 0 unspecified atom stereocenters. The number of carboxylic acid groups (broad SMARTS) is 1. The van der Waals surface area contributed by atoms with Crippen LogP contribution in [0.2, 0.25) is 5.02 Å². The van der Waals surface area contributed by atoms with E-state index in [0.29, 0.717) is 79.2 Å². The van der Waals surface area contributed by atoms with Gasteiger partial charge < -0.3 is 19.5 Å². The van der Waals surface area contributed by atoms with Crippen molar-refractivity contribution in [1.29, 1.82) is 0 Å². The number of ether oxygens (including phenoxy) is 2. The number of hydrogen-bond donors (Lipinski definition) is 1. The molecule has 0 bridgehead atoms. The van der Waals surface area contributed by atoms with Gasteiger partial charge in [0.15, 0.2) is 23.1 Å². The van der Waals surface area contributed by atoms with Gasteiger partial charge in [-0.2, -0.15) is 0 Å². The van der Waals surface area contributed by atoms with Crippen molar-refractivity contribution >= 4 is 29.1 Å². The number of halogens is 1. The Balaban J connectivity index is 1.67. The predicted molar refractivity (Wildman–Crippen MR) is 156 cm³/mol. The molecule has 1 aliphatic heterocycles. The molecule has 0 radical (unpaired) electrons. The van der Waals surface area contributed by atoms with Crippen molar-refractivity contribution in [2.75, 3.05) is 13.2 Å². The van der Waals surface area contributed by atoms with Crippen LogP contribution >= 0.6 is 11.6 Å². The highest BCUT2D eigenvalue weighted by molar-refractivity contribution is 6.31. The molecule has 0 saturated heterocycles. The van der Waals surface area contributed by atoms with Crippen LogP contribution in [0.5, 0.6) is 11.5 Å². The van der Waals surface area contributed by atoms with Crippen molar-refractivity contribution in [2.45, 2.75) is 64.4 Å². The molecule has 2 aromatic carbocycles. The third kappa shape index (κ3) is 5.68. The summed E-state index contributed by atoms with van der Waals surface area (Å²) < 4.78 is 12.4. The normalized spacial score (nSPS) is 17.4. The number of carboxylic acids is 1. The van der Waals surface area contributed by atoms with Crippen molar-refractivity contribution in [3.8, 4) is 11.5 Å². The van der Waals surface area contributed by atoms with E-state index in [0.717, 1.165) is 28.1 Å². The van der Waals surface area contributed by atoms with Crippen LogP contribution in [0.1, 0.15) is 68.1 Å². The summed E-state index contributed by atoms with van der Waals surface area (Å²) in [5, 5.41) is 10.3. The summed E-state index contributed by atoms with van der Waals surface area (Å²) in [6, 6.07) is 11.3. The molecule has 2 aliphatic carbocycles. The van der Waals surface area contributed by atoms with E-state index in [9.17, 15) is 19.5 Å². The Morgan fingerprint density at radius 2 is 1.68 bits per heavy atom. The maximum atomic E-state index is 13.6. The van der Waals surface area contributed by atoms with E-state index in [4.69, 9.17) is 21.1 Å². The lowest BCUT2D eigenvalue weighted by Crippen LogP contribution is -2.41. The molecule has 1 heterocycles. The van der Waals surface area contributed by atoms with Crippen LogP contribution in [0.4, 0.5) is 0 Å². The Hall–Kier alpha value is -3.84. The van der Waals surface area contributed by atoms with Crippen molar-refractivity contribution < 1.29 is 29.0 Å². The van der Waals surface area contributed by atoms with Crippen molar-refractivity contribution in [3.05, 3.63) is 93.3 Å². The number of nitrogens with zero attached hydrogens (tertiary/aromatic N) is 1. The van der Waals surface area contributed by atoms with Gasteiger partial charge in [0.25, 0.3) is 0 Å². The minimum absolute atomic E-state index is 0.0427. The maximum Gasteiger partial charge on any atom is 0.323 e. The monoisotopic (exact) mass is 575 g/mol. The first-order valence-electron chi connectivity index (χ1n) is 14.1. The van der Waals surface area contributed by atoms with Crippen LogP contribution in [0.15, 0.2) is 71.6 Å². The first kappa shape index (κ1) is 28.7. The molecule has 214 valence electrons. The number of hydrogen-bond acceptors (Lipinski definition) is 6. The Morgan fingerprint density at radius 1 is 1.02 bits per heavy atom. The first-order valence-corrected chi connectivity index (χ1v) is 14.5. The quantitative estimate of drug-likeness (QED) is 0.321. The number of rotatable bonds is 10. The average molecular weight is 576 g/mol. The van der Waals surface area contributed by atoms with Gasteiger partial charge in [-0.05, 0) is 56.7 Å². The Morgan fingerprint density at radius 3 is 2.27 bits per heavy atom. The molecule has 7 nitrogen and oxygen atoms in total. The summed E-state index contributed by atoms with van der Waals surface area (Å²) in [5.41, 5.74) is 4.93. The molecule has 0 aromatic heterocycles. The summed E-state index contributed by atoms with van der Waals surface area (Å²) >= 11 is 6.38. The highest BCUT2D eigenvalue weighted by atomic mass is 35.5. The molecule has 0 amide bonds. The summed E-state index contributed by atoms with van der Waals surface area (Å²) in [6.45, 7) is 6.17. The highest BCUT2D eigenvalue weighted by Crippen LogP contribution is 2.50. The zero-order valence-electron chi connectivity index (χ0n) is 23.2. The van der Waals surface area contributed by atoms with E-state index in [-0.39, 0.29) is 24.7 Å². The van der Waals surface area contributed by atoms with Gasteiger partial charge in [0.2, 0.25) is 0 Å². The van der Waals surface area contributed by atoms with Crippen LogP contribution in [-0.4, -0.2) is 40.7 Å². The third-order valence-corrected chi connectivity index (χ3v) is 8.23. The Kier molecular flexibility index (Phi) is 8.64. The van der Waals surface area contributed by atoms with Crippen LogP contribution in [0.25, 0.3) is 0 Å². The van der Waals surface area contributed by atoms with Crippen LogP contribution < -0.4 is 9.47 Å². The molecule has 2 aromatic rings. The second-order valence-electron chi connectivity index (χ2n) is 10.5. The fourth-order valence-corrected chi connectivity index (χ4v) is 6.42. The van der Waals surface area contributed by atoms with Gasteiger partial charge in [-0.15, -0.1) is 6.58 Å². The second kappa shape index (κ2) is 12.4. The number of benzene rings is 2. The highest BCUT2D eigenvalue weighted by Gasteiger charge is 2.44. The smallest absolute Gasteiger partial charge is 0.323 e. The number of Topliss-reactive ketones (excluding diaryl/α,β-unsaturated/α-hetero) is 2. The topological polar surface area (TPSA) is 93.1 Å². The fraction of sp³-hybridized carbons (Fsp3) is 0.364. The lowest BCUT2D eigenvalue weighted by atomic mass is 9.70. The van der Waals surface area contributed by atoms with Crippen LogP contribution in [0, 0.1) is 0 Å². The number of allylic oxidation sites excluding steroid dienone is 5. The summed E-state index contributed by atoms with van der Waals surface area (Å²) in [7, 11) is 0. The summed E-state index contributed by atoms with van der Waals surface area (Å²) in [5.74, 6) is -0.599. The molecular weight excluding hydrogens is 542 g/mol. The zero-order chi connectivity index (χ0) is 29.1. The molecule has 0 atom stereocenters. The first-order chi connectivity index (χ1) is 19.8. The molecule has 5 rings (SSSR count). The van der Waals surface area contributed by atoms with Gasteiger partial charge in [0.1, 0.15) is 13.2 Å².